The van der Waals surface area contributed by atoms with E-state index in [0.29, 0.717) is 38.3 Å². The molecule has 1 fully saturated rings. The number of ether oxygens (including phenoxy) is 1. The Bertz CT molecular complexity index is 680. The van der Waals surface area contributed by atoms with Gasteiger partial charge in [-0.2, -0.15) is 4.31 Å². The van der Waals surface area contributed by atoms with Gasteiger partial charge in [-0.25, -0.2) is 8.42 Å². The standard InChI is InChI=1S/C19H30N2O4S/c1-4-6-13-20(3)19(22)16-11-14-21(15-12-16)26(23,24)18-9-7-17(8-10-18)25-5-2/h7-10,16H,4-6,11-15H2,1-3H3. The lowest BCUT2D eigenvalue weighted by molar-refractivity contribution is -0.135. The van der Waals surface area contributed by atoms with Crippen molar-refractivity contribution in [1.82, 2.24) is 9.21 Å². The zero-order valence-corrected chi connectivity index (χ0v) is 16.8. The second-order valence-corrected chi connectivity index (χ2v) is 8.63. The minimum atomic E-state index is -3.52. The third-order valence-electron chi connectivity index (χ3n) is 4.80. The quantitative estimate of drug-likeness (QED) is 0.693. The molecule has 1 aliphatic rings. The number of sulfonamides is 1. The summed E-state index contributed by atoms with van der Waals surface area (Å²) in [5.74, 6) is 0.714. The molecule has 0 radical (unpaired) electrons. The van der Waals surface area contributed by atoms with Crippen molar-refractivity contribution >= 4 is 15.9 Å². The molecular formula is C19H30N2O4S. The Balaban J connectivity index is 1.96. The van der Waals surface area contributed by atoms with Gasteiger partial charge in [0.05, 0.1) is 11.5 Å². The zero-order chi connectivity index (χ0) is 19.2. The number of rotatable bonds is 8. The molecule has 26 heavy (non-hydrogen) atoms. The molecule has 0 unspecified atom stereocenters. The highest BCUT2D eigenvalue weighted by Gasteiger charge is 2.33. The minimum Gasteiger partial charge on any atom is -0.494 e. The second kappa shape index (κ2) is 9.37. The van der Waals surface area contributed by atoms with Crippen LogP contribution in [-0.2, 0) is 14.8 Å². The first-order valence-corrected chi connectivity index (χ1v) is 10.8. The van der Waals surface area contributed by atoms with Crippen molar-refractivity contribution < 1.29 is 17.9 Å². The van der Waals surface area contributed by atoms with Gasteiger partial charge in [0.1, 0.15) is 5.75 Å². The van der Waals surface area contributed by atoms with Crippen LogP contribution in [0.25, 0.3) is 0 Å². The molecule has 1 aliphatic heterocycles. The van der Waals surface area contributed by atoms with Crippen LogP contribution in [0.3, 0.4) is 0 Å². The van der Waals surface area contributed by atoms with Gasteiger partial charge < -0.3 is 9.64 Å². The number of nitrogens with zero attached hydrogens (tertiary/aromatic N) is 2. The van der Waals surface area contributed by atoms with E-state index >= 15 is 0 Å². The number of unbranched alkanes of at least 4 members (excludes halogenated alkanes) is 1. The fourth-order valence-corrected chi connectivity index (χ4v) is 4.65. The van der Waals surface area contributed by atoms with E-state index in [2.05, 4.69) is 6.92 Å². The van der Waals surface area contributed by atoms with Gasteiger partial charge >= 0.3 is 0 Å². The molecule has 0 saturated carbocycles. The van der Waals surface area contributed by atoms with Gasteiger partial charge in [-0.3, -0.25) is 4.79 Å². The highest BCUT2D eigenvalue weighted by atomic mass is 32.2. The van der Waals surface area contributed by atoms with Crippen LogP contribution in [0.5, 0.6) is 5.75 Å². The molecule has 0 spiro atoms. The van der Waals surface area contributed by atoms with Crippen molar-refractivity contribution in [2.24, 2.45) is 5.92 Å². The Morgan fingerprint density at radius 3 is 2.35 bits per heavy atom. The summed E-state index contributed by atoms with van der Waals surface area (Å²) in [6, 6.07) is 6.51. The molecule has 0 atom stereocenters. The molecule has 1 heterocycles. The number of carbonyl (C=O) groups excluding carboxylic acids is 1. The van der Waals surface area contributed by atoms with Gasteiger partial charge in [-0.05, 0) is 50.5 Å². The monoisotopic (exact) mass is 382 g/mol. The van der Waals surface area contributed by atoms with E-state index in [9.17, 15) is 13.2 Å². The number of hydrogen-bond acceptors (Lipinski definition) is 4. The van der Waals surface area contributed by atoms with Gasteiger partial charge in [-0.15, -0.1) is 0 Å². The Hall–Kier alpha value is -1.60. The SMILES string of the molecule is CCCCN(C)C(=O)C1CCN(S(=O)(=O)c2ccc(OCC)cc2)CC1. The van der Waals surface area contributed by atoms with Crippen molar-refractivity contribution in [3.8, 4) is 5.75 Å². The van der Waals surface area contributed by atoms with Gasteiger partial charge in [0.25, 0.3) is 0 Å². The van der Waals surface area contributed by atoms with Crippen molar-refractivity contribution in [3.05, 3.63) is 24.3 Å². The first-order chi connectivity index (χ1) is 12.4. The molecule has 0 aromatic heterocycles. The number of amides is 1. The van der Waals surface area contributed by atoms with E-state index in [1.807, 2.05) is 14.0 Å². The van der Waals surface area contributed by atoms with Crippen LogP contribution in [-0.4, -0.2) is 56.8 Å². The third kappa shape index (κ3) is 4.98. The van der Waals surface area contributed by atoms with Gasteiger partial charge in [0.15, 0.2) is 0 Å². The Labute approximate surface area is 157 Å². The smallest absolute Gasteiger partial charge is 0.243 e. The largest absolute Gasteiger partial charge is 0.494 e. The lowest BCUT2D eigenvalue weighted by Crippen LogP contribution is -2.43. The normalized spacial score (nSPS) is 16.4. The summed E-state index contributed by atoms with van der Waals surface area (Å²) in [6.45, 7) is 6.06. The highest BCUT2D eigenvalue weighted by molar-refractivity contribution is 7.89. The van der Waals surface area contributed by atoms with Crippen LogP contribution in [0.2, 0.25) is 0 Å². The summed E-state index contributed by atoms with van der Waals surface area (Å²) in [5.41, 5.74) is 0. The summed E-state index contributed by atoms with van der Waals surface area (Å²) in [5, 5.41) is 0. The molecule has 1 saturated heterocycles. The van der Waals surface area contributed by atoms with E-state index in [4.69, 9.17) is 4.74 Å². The van der Waals surface area contributed by atoms with Gasteiger partial charge in [0.2, 0.25) is 15.9 Å². The average Bonchev–Trinajstić information content (AvgIpc) is 2.66. The lowest BCUT2D eigenvalue weighted by atomic mass is 9.96. The van der Waals surface area contributed by atoms with Crippen LogP contribution >= 0.6 is 0 Å². The first kappa shape index (κ1) is 20.7. The maximum Gasteiger partial charge on any atom is 0.243 e. The summed E-state index contributed by atoms with van der Waals surface area (Å²) in [4.78, 5) is 14.5. The molecule has 146 valence electrons. The molecule has 1 aromatic carbocycles. The van der Waals surface area contributed by atoms with E-state index in [1.165, 1.54) is 4.31 Å². The second-order valence-electron chi connectivity index (χ2n) is 6.70. The molecule has 1 amide bonds. The van der Waals surface area contributed by atoms with Crippen LogP contribution in [0, 0.1) is 5.92 Å². The Morgan fingerprint density at radius 1 is 1.19 bits per heavy atom. The number of benzene rings is 1. The molecule has 1 aromatic rings. The fraction of sp³-hybridized carbons (Fsp3) is 0.632. The van der Waals surface area contributed by atoms with Gasteiger partial charge in [-0.1, -0.05) is 13.3 Å². The van der Waals surface area contributed by atoms with E-state index in [0.717, 1.165) is 19.4 Å². The number of carbonyl (C=O) groups is 1. The van der Waals surface area contributed by atoms with Crippen LogP contribution in [0.1, 0.15) is 39.5 Å². The van der Waals surface area contributed by atoms with Crippen molar-refractivity contribution in [2.75, 3.05) is 33.3 Å². The van der Waals surface area contributed by atoms with Crippen LogP contribution in [0.15, 0.2) is 29.2 Å². The first-order valence-electron chi connectivity index (χ1n) is 9.38. The molecule has 0 bridgehead atoms. The highest BCUT2D eigenvalue weighted by Crippen LogP contribution is 2.26. The molecular weight excluding hydrogens is 352 g/mol. The Kier molecular flexibility index (Phi) is 7.46. The Morgan fingerprint density at radius 2 is 1.81 bits per heavy atom. The fourth-order valence-electron chi connectivity index (χ4n) is 3.18. The molecule has 7 heteroatoms. The average molecular weight is 383 g/mol. The number of piperidine rings is 1. The molecule has 2 rings (SSSR count). The zero-order valence-electron chi connectivity index (χ0n) is 16.0. The summed E-state index contributed by atoms with van der Waals surface area (Å²) >= 11 is 0. The summed E-state index contributed by atoms with van der Waals surface area (Å²) < 4.78 is 32.4. The maximum atomic E-state index is 12.8. The molecule has 6 nitrogen and oxygen atoms in total. The minimum absolute atomic E-state index is 0.0800. The summed E-state index contributed by atoms with van der Waals surface area (Å²) in [7, 11) is -1.69. The van der Waals surface area contributed by atoms with E-state index in [1.54, 1.807) is 29.2 Å². The van der Waals surface area contributed by atoms with Crippen molar-refractivity contribution in [3.63, 3.8) is 0 Å². The number of hydrogen-bond donors (Lipinski definition) is 0. The summed E-state index contributed by atoms with van der Waals surface area (Å²) in [6.07, 6.45) is 3.20. The molecule has 0 aliphatic carbocycles. The predicted octanol–water partition coefficient (Wildman–Crippen LogP) is 2.74. The van der Waals surface area contributed by atoms with E-state index in [-0.39, 0.29) is 16.7 Å². The lowest BCUT2D eigenvalue weighted by Gasteiger charge is -2.32. The van der Waals surface area contributed by atoms with Crippen LogP contribution < -0.4 is 4.74 Å². The predicted molar refractivity (Wildman–Crippen MR) is 102 cm³/mol. The van der Waals surface area contributed by atoms with Gasteiger partial charge in [0, 0.05) is 32.6 Å². The van der Waals surface area contributed by atoms with E-state index < -0.39 is 10.0 Å². The third-order valence-corrected chi connectivity index (χ3v) is 6.71. The topological polar surface area (TPSA) is 66.9 Å². The van der Waals surface area contributed by atoms with Crippen molar-refractivity contribution in [2.45, 2.75) is 44.4 Å². The van der Waals surface area contributed by atoms with Crippen LogP contribution in [0.4, 0.5) is 0 Å². The maximum absolute atomic E-state index is 12.8. The van der Waals surface area contributed by atoms with Crippen molar-refractivity contribution in [1.29, 1.82) is 0 Å². The molecule has 0 N–H and O–H groups in total.